The van der Waals surface area contributed by atoms with E-state index in [4.69, 9.17) is 15.3 Å². The Morgan fingerprint density at radius 2 is 1.39 bits per heavy atom. The molecule has 0 aromatic heterocycles. The second-order valence-corrected chi connectivity index (χ2v) is 13.0. The number of aromatic hydroxyl groups is 1. The van der Waals surface area contributed by atoms with Crippen LogP contribution in [0, 0.1) is 12.0 Å². The Morgan fingerprint density at radius 3 is 1.75 bits per heavy atom. The van der Waals surface area contributed by atoms with Gasteiger partial charge in [-0.25, -0.2) is 5.57 Å². The fourth-order valence-corrected chi connectivity index (χ4v) is 2.34. The molecule has 152 valence electrons. The van der Waals surface area contributed by atoms with Gasteiger partial charge in [-0.1, -0.05) is 57.0 Å². The van der Waals surface area contributed by atoms with Crippen LogP contribution >= 0.6 is 0 Å². The first kappa shape index (κ1) is 29.0. The minimum atomic E-state index is 0.120. The molecule has 0 radical (unpaired) electrons. The van der Waals surface area contributed by atoms with Gasteiger partial charge in [0, 0.05) is 0 Å². The minimum absolute atomic E-state index is 0.120. The van der Waals surface area contributed by atoms with Crippen molar-refractivity contribution < 1.29 is 34.5 Å². The molecule has 3 rings (SSSR count). The first-order valence-corrected chi connectivity index (χ1v) is 13.9. The van der Waals surface area contributed by atoms with Crippen molar-refractivity contribution in [2.24, 2.45) is 5.92 Å². The third kappa shape index (κ3) is 11.6. The monoisotopic (exact) mass is 433 g/mol. The van der Waals surface area contributed by atoms with Crippen molar-refractivity contribution in [2.45, 2.75) is 40.8 Å². The molecule has 0 saturated carbocycles. The Morgan fingerprint density at radius 1 is 0.929 bits per heavy atom. The molecule has 1 aliphatic carbocycles. The van der Waals surface area contributed by atoms with E-state index in [0.29, 0.717) is 11.7 Å². The number of hydrogen-bond acceptors (Lipinski definition) is 3. The van der Waals surface area contributed by atoms with E-state index in [1.165, 1.54) is 16.7 Å². The molecule has 0 fully saturated rings. The van der Waals surface area contributed by atoms with Gasteiger partial charge in [0.1, 0.15) is 5.75 Å². The van der Waals surface area contributed by atoms with Crippen molar-refractivity contribution in [3.05, 3.63) is 65.3 Å². The normalized spacial score (nSPS) is 14.1. The van der Waals surface area contributed by atoms with Gasteiger partial charge in [0.2, 0.25) is 0 Å². The third-order valence-electron chi connectivity index (χ3n) is 3.97. The molecular weight excluding hydrogens is 400 g/mol. The standard InChI is InChI=1S/C10H8O.C9H13.C2H6Si.2CH3O.Ti/c11-10-6-5-8-3-1-2-4-9(8)7-10;1-6-5-7(2)9(4)8(6)3;1-3-2;2*1-2;/h1-7,11H;6H,1-4H3;1-2H3;2*1H3;/q;-1;;2*-1;+2. The van der Waals surface area contributed by atoms with Crippen molar-refractivity contribution in [2.75, 3.05) is 14.2 Å². The fraction of sp³-hybridized carbons (Fsp3) is 0.391. The molecule has 1 atom stereocenters. The summed E-state index contributed by atoms with van der Waals surface area (Å²) in [6.45, 7) is 13.2. The van der Waals surface area contributed by atoms with Gasteiger partial charge in [0.25, 0.3) is 0 Å². The number of phenolic OH excluding ortho intramolecular Hbond substituents is 1. The molecule has 0 spiro atoms. The molecule has 1 aliphatic rings. The van der Waals surface area contributed by atoms with E-state index in [1.807, 2.05) is 30.3 Å². The maximum Gasteiger partial charge on any atom is 0.116 e. The summed E-state index contributed by atoms with van der Waals surface area (Å²) in [4.78, 5) is 0. The van der Waals surface area contributed by atoms with E-state index in [0.717, 1.165) is 25.0 Å². The molecule has 3 nitrogen and oxygen atoms in total. The molecule has 0 aliphatic heterocycles. The summed E-state index contributed by atoms with van der Waals surface area (Å²) in [6, 6.07) is 13.3. The number of fused-ring (bicyclic) bond motifs is 1. The molecular formula is C23H33O3SiTi-. The van der Waals surface area contributed by atoms with Crippen LogP contribution < -0.4 is 10.2 Å². The molecule has 5 heteroatoms. The summed E-state index contributed by atoms with van der Waals surface area (Å²) in [5.41, 5.74) is 4.25. The van der Waals surface area contributed by atoms with Crippen LogP contribution in [0.2, 0.25) is 13.1 Å². The number of rotatable bonds is 0. The molecule has 0 amide bonds. The third-order valence-corrected chi connectivity index (χ3v) is 3.97. The molecule has 2 aromatic carbocycles. The molecule has 2 aromatic rings. The van der Waals surface area contributed by atoms with Gasteiger partial charge in [-0.2, -0.15) is 25.4 Å². The zero-order valence-electron chi connectivity index (χ0n) is 18.4. The second-order valence-electron chi connectivity index (χ2n) is 6.33. The number of hydrogen-bond donors (Lipinski definition) is 1. The second kappa shape index (κ2) is 16.8. The van der Waals surface area contributed by atoms with Crippen molar-refractivity contribution in [3.63, 3.8) is 0 Å². The van der Waals surface area contributed by atoms with E-state index in [1.54, 1.807) is 12.1 Å². The quantitative estimate of drug-likeness (QED) is 0.504. The molecule has 0 saturated heterocycles. The SMILES string of the molecule is CC1=[C-]C(C)C(C)=C1C.C[O-].C[O-].C[Si](C)=[Ti+2].Oc1ccc2ccccc2c1. The topological polar surface area (TPSA) is 66.3 Å². The van der Waals surface area contributed by atoms with Crippen LogP contribution in [-0.2, 0) is 19.2 Å². The predicted octanol–water partition coefficient (Wildman–Crippen LogP) is 4.00. The number of benzene rings is 2. The van der Waals surface area contributed by atoms with Crippen molar-refractivity contribution in [3.8, 4) is 5.75 Å². The van der Waals surface area contributed by atoms with Crippen molar-refractivity contribution in [1.29, 1.82) is 0 Å². The first-order chi connectivity index (χ1) is 13.2. The summed E-state index contributed by atoms with van der Waals surface area (Å²) < 4.78 is 0. The van der Waals surface area contributed by atoms with Gasteiger partial charge >= 0.3 is 38.5 Å². The minimum Gasteiger partial charge on any atom is -0.508 e. The molecule has 0 heterocycles. The van der Waals surface area contributed by atoms with Gasteiger partial charge in [-0.15, -0.1) is 6.92 Å². The zero-order valence-corrected chi connectivity index (χ0v) is 20.9. The molecule has 0 bridgehead atoms. The van der Waals surface area contributed by atoms with Crippen molar-refractivity contribution >= 4 is 17.0 Å². The van der Waals surface area contributed by atoms with Crippen LogP contribution in [0.3, 0.4) is 0 Å². The Labute approximate surface area is 183 Å². The van der Waals surface area contributed by atoms with Crippen LogP contribution in [0.1, 0.15) is 27.7 Å². The van der Waals surface area contributed by atoms with Gasteiger partial charge in [0.15, 0.2) is 0 Å². The van der Waals surface area contributed by atoms with E-state index in [-0.39, 0.29) is 6.19 Å². The van der Waals surface area contributed by atoms with E-state index in [2.05, 4.69) is 66.0 Å². The van der Waals surface area contributed by atoms with Gasteiger partial charge in [0.05, 0.1) is 0 Å². The Bertz CT molecular complexity index is 778. The number of allylic oxidation sites excluding steroid dienone is 4. The summed E-state index contributed by atoms with van der Waals surface area (Å²) in [5, 5.41) is 27.9. The Hall–Kier alpha value is -1.17. The summed E-state index contributed by atoms with van der Waals surface area (Å²) in [5.74, 6) is 0.883. The average Bonchev–Trinajstić information content (AvgIpc) is 2.90. The van der Waals surface area contributed by atoms with Crippen LogP contribution in [0.15, 0.2) is 59.2 Å². The Balaban J connectivity index is 0. The van der Waals surface area contributed by atoms with Crippen LogP contribution in [0.5, 0.6) is 5.75 Å². The molecule has 28 heavy (non-hydrogen) atoms. The van der Waals surface area contributed by atoms with E-state index >= 15 is 0 Å². The fourth-order valence-electron chi connectivity index (χ4n) is 2.34. The van der Waals surface area contributed by atoms with Crippen LogP contribution in [-0.4, -0.2) is 25.5 Å². The van der Waals surface area contributed by atoms with Crippen LogP contribution in [0.4, 0.5) is 0 Å². The average molecular weight is 433 g/mol. The zero-order chi connectivity index (χ0) is 22.3. The summed E-state index contributed by atoms with van der Waals surface area (Å²) in [7, 11) is 1.50. The largest absolute Gasteiger partial charge is 0.508 e. The Kier molecular flexibility index (Phi) is 17.4. The molecule has 1 unspecified atom stereocenters. The maximum absolute atomic E-state index is 9.13. The number of phenols is 1. The molecule has 1 N–H and O–H groups in total. The van der Waals surface area contributed by atoms with Crippen LogP contribution in [0.25, 0.3) is 10.8 Å². The van der Waals surface area contributed by atoms with Gasteiger partial charge < -0.3 is 15.3 Å². The maximum atomic E-state index is 9.13. The van der Waals surface area contributed by atoms with Gasteiger partial charge in [-0.05, 0) is 22.9 Å². The predicted molar refractivity (Wildman–Crippen MR) is 115 cm³/mol. The van der Waals surface area contributed by atoms with Crippen molar-refractivity contribution in [1.82, 2.24) is 0 Å². The van der Waals surface area contributed by atoms with Gasteiger partial charge in [-0.3, -0.25) is 6.08 Å². The smallest absolute Gasteiger partial charge is 0.116 e. The summed E-state index contributed by atoms with van der Waals surface area (Å²) >= 11 is 2.27. The van der Waals surface area contributed by atoms with E-state index < -0.39 is 0 Å². The summed E-state index contributed by atoms with van der Waals surface area (Å²) in [6.07, 6.45) is 3.48. The first-order valence-electron chi connectivity index (χ1n) is 9.01. The van der Waals surface area contributed by atoms with E-state index in [9.17, 15) is 0 Å².